The van der Waals surface area contributed by atoms with E-state index in [-0.39, 0.29) is 0 Å². The molecule has 126 valence electrons. The van der Waals surface area contributed by atoms with Crippen molar-refractivity contribution < 1.29 is 9.15 Å². The maximum atomic E-state index is 5.89. The standard InChI is InChI=1S/C17H21N5O2/c1-20-11-13(10-18-20)12-21-5-7-22(8-6-21)17-19-15-9-14(23-2)3-4-16(15)24-17/h3-4,9-11H,5-8,12H2,1-2H3. The predicted molar refractivity (Wildman–Crippen MR) is 91.3 cm³/mol. The van der Waals surface area contributed by atoms with Crippen molar-refractivity contribution in [3.8, 4) is 5.75 Å². The Balaban J connectivity index is 1.41. The minimum absolute atomic E-state index is 0.694. The summed E-state index contributed by atoms with van der Waals surface area (Å²) in [5.41, 5.74) is 2.88. The van der Waals surface area contributed by atoms with Crippen molar-refractivity contribution in [2.45, 2.75) is 6.54 Å². The van der Waals surface area contributed by atoms with Crippen LogP contribution >= 0.6 is 0 Å². The average molecular weight is 327 g/mol. The highest BCUT2D eigenvalue weighted by Crippen LogP contribution is 2.26. The number of fused-ring (bicyclic) bond motifs is 1. The largest absolute Gasteiger partial charge is 0.497 e. The Morgan fingerprint density at radius 2 is 2.04 bits per heavy atom. The molecule has 7 nitrogen and oxygen atoms in total. The molecule has 0 amide bonds. The van der Waals surface area contributed by atoms with Gasteiger partial charge in [0.25, 0.3) is 6.01 Å². The number of aryl methyl sites for hydroxylation is 1. The number of rotatable bonds is 4. The van der Waals surface area contributed by atoms with Gasteiger partial charge in [0.05, 0.1) is 13.3 Å². The molecule has 0 atom stereocenters. The topological polar surface area (TPSA) is 59.6 Å². The summed E-state index contributed by atoms with van der Waals surface area (Å²) in [4.78, 5) is 9.24. The van der Waals surface area contributed by atoms with E-state index in [2.05, 4.69) is 26.1 Å². The fraction of sp³-hybridized carbons (Fsp3) is 0.412. The van der Waals surface area contributed by atoms with Gasteiger partial charge in [-0.15, -0.1) is 0 Å². The van der Waals surface area contributed by atoms with Gasteiger partial charge >= 0.3 is 0 Å². The molecule has 2 aromatic heterocycles. The van der Waals surface area contributed by atoms with E-state index < -0.39 is 0 Å². The van der Waals surface area contributed by atoms with Gasteiger partial charge in [-0.05, 0) is 12.1 Å². The lowest BCUT2D eigenvalue weighted by Gasteiger charge is -2.33. The van der Waals surface area contributed by atoms with Crippen LogP contribution in [0.3, 0.4) is 0 Å². The summed E-state index contributed by atoms with van der Waals surface area (Å²) in [6.45, 7) is 4.72. The van der Waals surface area contributed by atoms with Crippen molar-refractivity contribution in [3.63, 3.8) is 0 Å². The van der Waals surface area contributed by atoms with E-state index in [4.69, 9.17) is 9.15 Å². The summed E-state index contributed by atoms with van der Waals surface area (Å²) >= 11 is 0. The highest BCUT2D eigenvalue weighted by atomic mass is 16.5. The van der Waals surface area contributed by atoms with Crippen LogP contribution in [0.15, 0.2) is 35.0 Å². The lowest BCUT2D eigenvalue weighted by Crippen LogP contribution is -2.46. The summed E-state index contributed by atoms with van der Waals surface area (Å²) in [6.07, 6.45) is 4.00. The lowest BCUT2D eigenvalue weighted by atomic mass is 10.2. The first-order valence-corrected chi connectivity index (χ1v) is 8.11. The number of piperazine rings is 1. The van der Waals surface area contributed by atoms with Gasteiger partial charge in [0, 0.05) is 57.6 Å². The second-order valence-electron chi connectivity index (χ2n) is 6.12. The van der Waals surface area contributed by atoms with E-state index in [0.717, 1.165) is 49.6 Å². The fourth-order valence-corrected chi connectivity index (χ4v) is 3.07. The Hall–Kier alpha value is -2.54. The van der Waals surface area contributed by atoms with Gasteiger partial charge in [-0.3, -0.25) is 9.58 Å². The van der Waals surface area contributed by atoms with Crippen molar-refractivity contribution in [3.05, 3.63) is 36.2 Å². The Morgan fingerprint density at radius 3 is 2.75 bits per heavy atom. The Kier molecular flexibility index (Phi) is 3.86. The Bertz CT molecular complexity index is 832. The summed E-state index contributed by atoms with van der Waals surface area (Å²) in [5.74, 6) is 0.795. The minimum Gasteiger partial charge on any atom is -0.497 e. The molecular weight excluding hydrogens is 306 g/mol. The van der Waals surface area contributed by atoms with E-state index in [1.54, 1.807) is 7.11 Å². The van der Waals surface area contributed by atoms with Crippen LogP contribution in [0.1, 0.15) is 5.56 Å². The average Bonchev–Trinajstić information content (AvgIpc) is 3.20. The molecule has 7 heteroatoms. The van der Waals surface area contributed by atoms with E-state index >= 15 is 0 Å². The quantitative estimate of drug-likeness (QED) is 0.729. The number of aromatic nitrogens is 3. The van der Waals surface area contributed by atoms with E-state index in [0.29, 0.717) is 6.01 Å². The first-order chi connectivity index (χ1) is 11.7. The molecule has 0 spiro atoms. The van der Waals surface area contributed by atoms with Gasteiger partial charge in [0.2, 0.25) is 0 Å². The highest BCUT2D eigenvalue weighted by molar-refractivity contribution is 5.76. The molecule has 1 fully saturated rings. The van der Waals surface area contributed by atoms with Crippen LogP contribution in [0.4, 0.5) is 6.01 Å². The molecule has 1 aromatic carbocycles. The molecule has 4 rings (SSSR count). The van der Waals surface area contributed by atoms with Crippen LogP contribution < -0.4 is 9.64 Å². The first-order valence-electron chi connectivity index (χ1n) is 8.11. The number of nitrogens with zero attached hydrogens (tertiary/aromatic N) is 5. The third kappa shape index (κ3) is 2.94. The maximum absolute atomic E-state index is 5.89. The second kappa shape index (κ2) is 6.16. The molecule has 1 aliphatic rings. The van der Waals surface area contributed by atoms with Gasteiger partial charge in [-0.25, -0.2) is 0 Å². The number of oxazole rings is 1. The number of methoxy groups -OCH3 is 1. The van der Waals surface area contributed by atoms with Crippen molar-refractivity contribution in [2.24, 2.45) is 7.05 Å². The summed E-state index contributed by atoms with van der Waals surface area (Å²) in [7, 11) is 3.60. The van der Waals surface area contributed by atoms with Crippen molar-refractivity contribution in [1.29, 1.82) is 0 Å². The zero-order valence-electron chi connectivity index (χ0n) is 14.0. The van der Waals surface area contributed by atoms with E-state index in [1.807, 2.05) is 36.1 Å². The Labute approximate surface area is 140 Å². The lowest BCUT2D eigenvalue weighted by molar-refractivity contribution is 0.245. The van der Waals surface area contributed by atoms with Crippen LogP contribution in [-0.4, -0.2) is 53.0 Å². The molecule has 0 aliphatic carbocycles. The summed E-state index contributed by atoms with van der Waals surface area (Å²) in [6, 6.07) is 6.40. The Morgan fingerprint density at radius 1 is 1.21 bits per heavy atom. The third-order valence-corrected chi connectivity index (χ3v) is 4.39. The highest BCUT2D eigenvalue weighted by Gasteiger charge is 2.21. The molecule has 0 radical (unpaired) electrons. The van der Waals surface area contributed by atoms with Crippen LogP contribution in [0, 0.1) is 0 Å². The van der Waals surface area contributed by atoms with Crippen LogP contribution in [0.2, 0.25) is 0 Å². The molecule has 0 unspecified atom stereocenters. The normalized spacial score (nSPS) is 16.0. The van der Waals surface area contributed by atoms with Crippen molar-refractivity contribution in [2.75, 3.05) is 38.2 Å². The third-order valence-electron chi connectivity index (χ3n) is 4.39. The predicted octanol–water partition coefficient (Wildman–Crippen LogP) is 1.89. The number of anilines is 1. The molecule has 3 aromatic rings. The van der Waals surface area contributed by atoms with Crippen LogP contribution in [0.25, 0.3) is 11.1 Å². The van der Waals surface area contributed by atoms with Crippen molar-refractivity contribution >= 4 is 17.1 Å². The fourth-order valence-electron chi connectivity index (χ4n) is 3.07. The number of hydrogen-bond donors (Lipinski definition) is 0. The second-order valence-corrected chi connectivity index (χ2v) is 6.12. The smallest absolute Gasteiger partial charge is 0.298 e. The molecule has 0 bridgehead atoms. The molecule has 24 heavy (non-hydrogen) atoms. The van der Waals surface area contributed by atoms with Crippen LogP contribution in [0.5, 0.6) is 5.75 Å². The van der Waals surface area contributed by atoms with Gasteiger partial charge in [-0.2, -0.15) is 10.1 Å². The molecular formula is C17H21N5O2. The van der Waals surface area contributed by atoms with Gasteiger partial charge in [-0.1, -0.05) is 0 Å². The van der Waals surface area contributed by atoms with Gasteiger partial charge in [0.1, 0.15) is 11.3 Å². The monoisotopic (exact) mass is 327 g/mol. The zero-order chi connectivity index (χ0) is 16.5. The summed E-state index contributed by atoms with van der Waals surface area (Å²) < 4.78 is 13.0. The molecule has 0 N–H and O–H groups in total. The van der Waals surface area contributed by atoms with E-state index in [1.165, 1.54) is 5.56 Å². The number of ether oxygens (including phenoxy) is 1. The number of hydrogen-bond acceptors (Lipinski definition) is 6. The minimum atomic E-state index is 0.694. The SMILES string of the molecule is COc1ccc2oc(N3CCN(Cc4cnn(C)c4)CC3)nc2c1. The first kappa shape index (κ1) is 15.0. The van der Waals surface area contributed by atoms with Crippen LogP contribution in [-0.2, 0) is 13.6 Å². The van der Waals surface area contributed by atoms with Gasteiger partial charge in [0.15, 0.2) is 5.58 Å². The summed E-state index contributed by atoms with van der Waals surface area (Å²) in [5, 5.41) is 4.23. The molecule has 1 saturated heterocycles. The molecule has 0 saturated carbocycles. The molecule has 3 heterocycles. The number of benzene rings is 1. The molecule has 1 aliphatic heterocycles. The zero-order valence-corrected chi connectivity index (χ0v) is 14.0. The van der Waals surface area contributed by atoms with Gasteiger partial charge < -0.3 is 14.1 Å². The van der Waals surface area contributed by atoms with Crippen molar-refractivity contribution in [1.82, 2.24) is 19.7 Å². The maximum Gasteiger partial charge on any atom is 0.298 e. The van der Waals surface area contributed by atoms with E-state index in [9.17, 15) is 0 Å².